The van der Waals surface area contributed by atoms with Crippen molar-refractivity contribution < 1.29 is 4.79 Å². The number of aromatic nitrogens is 2. The Hall–Kier alpha value is -1.91. The summed E-state index contributed by atoms with van der Waals surface area (Å²) in [4.78, 5) is 20.4. The van der Waals surface area contributed by atoms with Crippen LogP contribution in [0, 0.1) is 0 Å². The van der Waals surface area contributed by atoms with Crippen LogP contribution in [-0.2, 0) is 0 Å². The topological polar surface area (TPSA) is 66.9 Å². The maximum Gasteiger partial charge on any atom is 0.270 e. The Kier molecular flexibility index (Phi) is 6.19. The average Bonchev–Trinajstić information content (AvgIpc) is 2.54. The Bertz CT molecular complexity index is 499. The molecule has 0 aromatic carbocycles. The number of allylic oxidation sites excluding steroid dienone is 1. The lowest BCUT2D eigenvalue weighted by molar-refractivity contribution is 0.0949. The summed E-state index contributed by atoms with van der Waals surface area (Å²) in [6.07, 6.45) is 10.8. The van der Waals surface area contributed by atoms with Crippen molar-refractivity contribution in [2.75, 3.05) is 18.4 Å². The van der Waals surface area contributed by atoms with E-state index < -0.39 is 0 Å². The number of carbonyl (C=O) groups is 1. The van der Waals surface area contributed by atoms with Crippen LogP contribution in [0.15, 0.2) is 23.9 Å². The maximum atomic E-state index is 12.1. The van der Waals surface area contributed by atoms with Crippen LogP contribution in [0.1, 0.15) is 55.9 Å². The predicted octanol–water partition coefficient (Wildman–Crippen LogP) is 2.92. The number of hydrogen-bond acceptors (Lipinski definition) is 4. The van der Waals surface area contributed by atoms with E-state index in [1.54, 1.807) is 12.3 Å². The summed E-state index contributed by atoms with van der Waals surface area (Å²) >= 11 is 0. The highest BCUT2D eigenvalue weighted by Gasteiger charge is 2.09. The Morgan fingerprint density at radius 3 is 3.00 bits per heavy atom. The molecular formula is C16H24N4O. The van der Waals surface area contributed by atoms with E-state index in [0.29, 0.717) is 18.2 Å². The van der Waals surface area contributed by atoms with Crippen LogP contribution in [0.5, 0.6) is 0 Å². The molecule has 0 saturated carbocycles. The van der Waals surface area contributed by atoms with Crippen LogP contribution in [-0.4, -0.2) is 29.0 Å². The van der Waals surface area contributed by atoms with E-state index in [0.717, 1.165) is 19.4 Å². The van der Waals surface area contributed by atoms with E-state index in [1.165, 1.54) is 31.3 Å². The molecule has 0 saturated heterocycles. The molecule has 21 heavy (non-hydrogen) atoms. The van der Waals surface area contributed by atoms with E-state index in [4.69, 9.17) is 0 Å². The number of carbonyl (C=O) groups excluding carboxylic acids is 1. The lowest BCUT2D eigenvalue weighted by atomic mass is 9.97. The number of hydrogen-bond donors (Lipinski definition) is 2. The van der Waals surface area contributed by atoms with Crippen LogP contribution in [0.25, 0.3) is 0 Å². The van der Waals surface area contributed by atoms with Gasteiger partial charge in [-0.1, -0.05) is 18.6 Å². The minimum atomic E-state index is -0.131. The van der Waals surface area contributed by atoms with E-state index in [-0.39, 0.29) is 5.91 Å². The second-order valence-electron chi connectivity index (χ2n) is 5.31. The summed E-state index contributed by atoms with van der Waals surface area (Å²) in [5.74, 6) is 0.382. The fraction of sp³-hybridized carbons (Fsp3) is 0.562. The molecule has 1 aromatic heterocycles. The Labute approximate surface area is 126 Å². The van der Waals surface area contributed by atoms with Crippen molar-refractivity contribution in [3.8, 4) is 0 Å². The first-order valence-electron chi connectivity index (χ1n) is 7.82. The zero-order valence-corrected chi connectivity index (χ0v) is 12.7. The summed E-state index contributed by atoms with van der Waals surface area (Å²) in [5, 5.41) is 6.02. The molecule has 5 heteroatoms. The van der Waals surface area contributed by atoms with Crippen molar-refractivity contribution >= 4 is 11.9 Å². The smallest absolute Gasteiger partial charge is 0.270 e. The fourth-order valence-electron chi connectivity index (χ4n) is 2.37. The molecule has 114 valence electrons. The number of anilines is 1. The standard InChI is InChI=1S/C16H24N4O/c1-2-10-18-16-19-12-9-14(20-16)15(21)17-11-8-13-6-4-3-5-7-13/h6,9,12H,2-5,7-8,10-11H2,1H3,(H,17,21)(H,18,19,20). The second-order valence-corrected chi connectivity index (χ2v) is 5.31. The predicted molar refractivity (Wildman–Crippen MR) is 84.3 cm³/mol. The highest BCUT2D eigenvalue weighted by atomic mass is 16.1. The van der Waals surface area contributed by atoms with Gasteiger partial charge in [-0.05, 0) is 44.6 Å². The van der Waals surface area contributed by atoms with Gasteiger partial charge >= 0.3 is 0 Å². The van der Waals surface area contributed by atoms with Crippen molar-refractivity contribution in [3.05, 3.63) is 29.6 Å². The largest absolute Gasteiger partial charge is 0.354 e. The molecule has 2 rings (SSSR count). The third-order valence-electron chi connectivity index (χ3n) is 3.54. The van der Waals surface area contributed by atoms with Gasteiger partial charge in [-0.15, -0.1) is 0 Å². The van der Waals surface area contributed by atoms with Crippen LogP contribution in [0.3, 0.4) is 0 Å². The maximum absolute atomic E-state index is 12.1. The van der Waals surface area contributed by atoms with Gasteiger partial charge in [0.15, 0.2) is 0 Å². The lowest BCUT2D eigenvalue weighted by Gasteiger charge is -2.13. The van der Waals surface area contributed by atoms with Crippen molar-refractivity contribution in [2.45, 2.75) is 45.4 Å². The van der Waals surface area contributed by atoms with Crippen LogP contribution in [0.2, 0.25) is 0 Å². The molecule has 0 radical (unpaired) electrons. The summed E-state index contributed by atoms with van der Waals surface area (Å²) in [6, 6.07) is 1.65. The van der Waals surface area contributed by atoms with Gasteiger partial charge in [-0.3, -0.25) is 4.79 Å². The van der Waals surface area contributed by atoms with Gasteiger partial charge in [0, 0.05) is 19.3 Å². The molecule has 0 atom stereocenters. The first kappa shape index (κ1) is 15.5. The lowest BCUT2D eigenvalue weighted by Crippen LogP contribution is -2.26. The number of nitrogens with zero attached hydrogens (tertiary/aromatic N) is 2. The van der Waals surface area contributed by atoms with Gasteiger partial charge in [0.05, 0.1) is 0 Å². The van der Waals surface area contributed by atoms with Crippen molar-refractivity contribution in [3.63, 3.8) is 0 Å². The van der Waals surface area contributed by atoms with Gasteiger partial charge in [0.2, 0.25) is 5.95 Å². The number of nitrogens with one attached hydrogen (secondary N) is 2. The quantitative estimate of drug-likeness (QED) is 0.757. The summed E-state index contributed by atoms with van der Waals surface area (Å²) < 4.78 is 0. The van der Waals surface area contributed by atoms with Crippen LogP contribution >= 0.6 is 0 Å². The minimum absolute atomic E-state index is 0.131. The van der Waals surface area contributed by atoms with Gasteiger partial charge in [-0.2, -0.15) is 0 Å². The molecule has 1 aromatic rings. The molecule has 0 bridgehead atoms. The fourth-order valence-corrected chi connectivity index (χ4v) is 2.37. The SMILES string of the molecule is CCCNc1nccc(C(=O)NCCC2=CCCCC2)n1. The highest BCUT2D eigenvalue weighted by Crippen LogP contribution is 2.19. The third kappa shape index (κ3) is 5.17. The first-order chi connectivity index (χ1) is 10.3. The van der Waals surface area contributed by atoms with Gasteiger partial charge < -0.3 is 10.6 Å². The Balaban J connectivity index is 1.80. The molecule has 1 aliphatic rings. The molecule has 1 amide bonds. The zero-order chi connectivity index (χ0) is 14.9. The van der Waals surface area contributed by atoms with Crippen LogP contribution in [0.4, 0.5) is 5.95 Å². The summed E-state index contributed by atoms with van der Waals surface area (Å²) in [7, 11) is 0. The van der Waals surface area contributed by atoms with Crippen molar-refractivity contribution in [2.24, 2.45) is 0 Å². The summed E-state index contributed by atoms with van der Waals surface area (Å²) in [6.45, 7) is 3.55. The molecule has 1 heterocycles. The van der Waals surface area contributed by atoms with Gasteiger partial charge in [0.25, 0.3) is 5.91 Å². The molecule has 0 fully saturated rings. The second kappa shape index (κ2) is 8.39. The minimum Gasteiger partial charge on any atom is -0.354 e. The molecule has 2 N–H and O–H groups in total. The van der Waals surface area contributed by atoms with E-state index in [2.05, 4.69) is 33.6 Å². The molecule has 5 nitrogen and oxygen atoms in total. The molecule has 1 aliphatic carbocycles. The van der Waals surface area contributed by atoms with Crippen molar-refractivity contribution in [1.29, 1.82) is 0 Å². The van der Waals surface area contributed by atoms with E-state index in [1.807, 2.05) is 0 Å². The molecular weight excluding hydrogens is 264 g/mol. The van der Waals surface area contributed by atoms with Crippen molar-refractivity contribution in [1.82, 2.24) is 15.3 Å². The van der Waals surface area contributed by atoms with Gasteiger partial charge in [-0.25, -0.2) is 9.97 Å². The number of rotatable bonds is 7. The highest BCUT2D eigenvalue weighted by molar-refractivity contribution is 5.92. The van der Waals surface area contributed by atoms with Crippen LogP contribution < -0.4 is 10.6 Å². The molecule has 0 unspecified atom stereocenters. The average molecular weight is 288 g/mol. The molecule has 0 spiro atoms. The van der Waals surface area contributed by atoms with Gasteiger partial charge in [0.1, 0.15) is 5.69 Å². The normalized spacial score (nSPS) is 14.4. The first-order valence-corrected chi connectivity index (χ1v) is 7.82. The van der Waals surface area contributed by atoms with E-state index >= 15 is 0 Å². The Morgan fingerprint density at radius 1 is 1.33 bits per heavy atom. The van der Waals surface area contributed by atoms with E-state index in [9.17, 15) is 4.79 Å². The zero-order valence-electron chi connectivity index (χ0n) is 12.7. The summed E-state index contributed by atoms with van der Waals surface area (Å²) in [5.41, 5.74) is 1.88. The Morgan fingerprint density at radius 2 is 2.24 bits per heavy atom. The third-order valence-corrected chi connectivity index (χ3v) is 3.54. The molecule has 0 aliphatic heterocycles. The monoisotopic (exact) mass is 288 g/mol. The number of amides is 1.